The second-order valence-corrected chi connectivity index (χ2v) is 7.72. The highest BCUT2D eigenvalue weighted by atomic mass is 16.2. The molecule has 0 aliphatic rings. The van der Waals surface area contributed by atoms with Gasteiger partial charge in [-0.15, -0.1) is 0 Å². The lowest BCUT2D eigenvalue weighted by atomic mass is 10.2. The van der Waals surface area contributed by atoms with Crippen molar-refractivity contribution in [1.82, 2.24) is 9.55 Å². The number of nitrogens with one attached hydrogen (secondary N) is 1. The minimum Gasteiger partial charge on any atom is -0.383 e. The average Bonchev–Trinajstić information content (AvgIpc) is 2.86. The second kappa shape index (κ2) is 10.3. The molecule has 4 aromatic rings. The van der Waals surface area contributed by atoms with Crippen molar-refractivity contribution in [3.63, 3.8) is 0 Å². The van der Waals surface area contributed by atoms with Gasteiger partial charge >= 0.3 is 5.69 Å². The van der Waals surface area contributed by atoms with E-state index in [0.717, 1.165) is 16.7 Å². The SMILES string of the molecule is Nc1c(N(Cc2ccccc2)C(=O)C=Cc2ccccc2)c(=O)[nH]c(=O)n1Cc1ccccc1. The fraction of sp³-hybridized carbons (Fsp3) is 0.0741. The first-order chi connectivity index (χ1) is 16.5. The largest absolute Gasteiger partial charge is 0.383 e. The molecule has 0 spiro atoms. The fourth-order valence-corrected chi connectivity index (χ4v) is 3.62. The standard InChI is InChI=1S/C27H24N4O3/c28-25-24(26(33)29-27(34)31(25)19-22-14-8-3-9-15-22)30(18-21-12-6-2-7-13-21)23(32)17-16-20-10-4-1-5-11-20/h1-17H,18-19,28H2,(H,29,33,34). The summed E-state index contributed by atoms with van der Waals surface area (Å²) in [7, 11) is 0. The fourth-order valence-electron chi connectivity index (χ4n) is 3.62. The van der Waals surface area contributed by atoms with Gasteiger partial charge in [0.1, 0.15) is 5.82 Å². The number of nitrogens with two attached hydrogens (primary N) is 1. The van der Waals surface area contributed by atoms with Gasteiger partial charge in [0.25, 0.3) is 11.5 Å². The first-order valence-corrected chi connectivity index (χ1v) is 10.8. The van der Waals surface area contributed by atoms with Crippen LogP contribution in [-0.2, 0) is 17.9 Å². The molecule has 3 aromatic carbocycles. The van der Waals surface area contributed by atoms with Gasteiger partial charge in [-0.3, -0.25) is 24.0 Å². The van der Waals surface area contributed by atoms with Gasteiger partial charge in [-0.2, -0.15) is 0 Å². The Morgan fingerprint density at radius 2 is 1.41 bits per heavy atom. The average molecular weight is 453 g/mol. The predicted octanol–water partition coefficient (Wildman–Crippen LogP) is 3.41. The van der Waals surface area contributed by atoms with Crippen LogP contribution in [0, 0.1) is 0 Å². The van der Waals surface area contributed by atoms with Crippen molar-refractivity contribution in [1.29, 1.82) is 0 Å². The lowest BCUT2D eigenvalue weighted by Gasteiger charge is -2.23. The number of nitrogen functional groups attached to an aromatic ring is 1. The molecule has 1 heterocycles. The van der Waals surface area contributed by atoms with Gasteiger partial charge < -0.3 is 5.73 Å². The summed E-state index contributed by atoms with van der Waals surface area (Å²) in [6.45, 7) is 0.262. The van der Waals surface area contributed by atoms with Crippen LogP contribution in [0.5, 0.6) is 0 Å². The molecular weight excluding hydrogens is 428 g/mol. The van der Waals surface area contributed by atoms with Gasteiger partial charge in [0.2, 0.25) is 0 Å². The zero-order valence-corrected chi connectivity index (χ0v) is 18.4. The third-order valence-electron chi connectivity index (χ3n) is 5.34. The Kier molecular flexibility index (Phi) is 6.84. The van der Waals surface area contributed by atoms with Crippen LogP contribution in [-0.4, -0.2) is 15.5 Å². The van der Waals surface area contributed by atoms with E-state index in [1.165, 1.54) is 15.5 Å². The van der Waals surface area contributed by atoms with Crippen LogP contribution in [0.2, 0.25) is 0 Å². The molecule has 0 aliphatic heterocycles. The van der Waals surface area contributed by atoms with Crippen LogP contribution < -0.4 is 21.9 Å². The lowest BCUT2D eigenvalue weighted by molar-refractivity contribution is -0.114. The molecule has 0 fully saturated rings. The Labute approximate surface area is 196 Å². The Morgan fingerprint density at radius 3 is 2.03 bits per heavy atom. The summed E-state index contributed by atoms with van der Waals surface area (Å²) >= 11 is 0. The summed E-state index contributed by atoms with van der Waals surface area (Å²) in [5.74, 6) is -0.509. The summed E-state index contributed by atoms with van der Waals surface area (Å²) in [6.07, 6.45) is 3.06. The van der Waals surface area contributed by atoms with Crippen molar-refractivity contribution in [3.8, 4) is 0 Å². The van der Waals surface area contributed by atoms with E-state index in [9.17, 15) is 14.4 Å². The highest BCUT2D eigenvalue weighted by Gasteiger charge is 2.23. The Morgan fingerprint density at radius 1 is 0.853 bits per heavy atom. The van der Waals surface area contributed by atoms with Gasteiger partial charge in [0.05, 0.1) is 13.1 Å². The summed E-state index contributed by atoms with van der Waals surface area (Å²) in [6, 6.07) is 27.9. The Balaban J connectivity index is 1.78. The Bertz CT molecular complexity index is 1410. The summed E-state index contributed by atoms with van der Waals surface area (Å²) in [5, 5.41) is 0. The Hall–Kier alpha value is -4.65. The van der Waals surface area contributed by atoms with Gasteiger partial charge in [0.15, 0.2) is 5.69 Å². The first kappa shape index (κ1) is 22.5. The molecule has 4 rings (SSSR count). The van der Waals surface area contributed by atoms with E-state index < -0.39 is 17.2 Å². The van der Waals surface area contributed by atoms with Crippen LogP contribution in [0.4, 0.5) is 11.5 Å². The molecule has 170 valence electrons. The number of carbonyl (C=O) groups is 1. The number of aromatic amines is 1. The molecule has 0 bridgehead atoms. The minimum atomic E-state index is -0.718. The summed E-state index contributed by atoms with van der Waals surface area (Å²) < 4.78 is 1.26. The van der Waals surface area contributed by atoms with Crippen LogP contribution in [0.15, 0.2) is 107 Å². The van der Waals surface area contributed by atoms with E-state index in [4.69, 9.17) is 5.73 Å². The second-order valence-electron chi connectivity index (χ2n) is 7.72. The number of amides is 1. The van der Waals surface area contributed by atoms with Gasteiger partial charge in [-0.1, -0.05) is 91.0 Å². The zero-order chi connectivity index (χ0) is 23.9. The molecule has 0 saturated carbocycles. The van der Waals surface area contributed by atoms with Crippen molar-refractivity contribution in [2.24, 2.45) is 0 Å². The number of carbonyl (C=O) groups excluding carboxylic acids is 1. The van der Waals surface area contributed by atoms with E-state index in [2.05, 4.69) is 4.98 Å². The van der Waals surface area contributed by atoms with Gasteiger partial charge in [-0.25, -0.2) is 4.79 Å². The molecule has 0 unspecified atom stereocenters. The number of aromatic nitrogens is 2. The number of anilines is 2. The number of nitrogens with zero attached hydrogens (tertiary/aromatic N) is 2. The summed E-state index contributed by atoms with van der Waals surface area (Å²) in [5.41, 5.74) is 7.42. The number of hydrogen-bond acceptors (Lipinski definition) is 4. The molecule has 0 saturated heterocycles. The maximum atomic E-state index is 13.3. The third kappa shape index (κ3) is 5.21. The topological polar surface area (TPSA) is 101 Å². The lowest BCUT2D eigenvalue weighted by Crippen LogP contribution is -2.40. The first-order valence-electron chi connectivity index (χ1n) is 10.8. The van der Waals surface area contributed by atoms with Crippen molar-refractivity contribution >= 4 is 23.5 Å². The monoisotopic (exact) mass is 452 g/mol. The normalized spacial score (nSPS) is 10.9. The molecule has 1 amide bonds. The van der Waals surface area contributed by atoms with Gasteiger partial charge in [-0.05, 0) is 22.8 Å². The maximum Gasteiger partial charge on any atom is 0.330 e. The van der Waals surface area contributed by atoms with Crippen LogP contribution in [0.25, 0.3) is 6.08 Å². The molecule has 1 aromatic heterocycles. The van der Waals surface area contributed by atoms with Crippen LogP contribution in [0.3, 0.4) is 0 Å². The van der Waals surface area contributed by atoms with Crippen molar-refractivity contribution in [2.45, 2.75) is 13.1 Å². The number of hydrogen-bond donors (Lipinski definition) is 2. The number of rotatable bonds is 7. The molecular formula is C27H24N4O3. The zero-order valence-electron chi connectivity index (χ0n) is 18.4. The van der Waals surface area contributed by atoms with E-state index in [-0.39, 0.29) is 24.6 Å². The number of H-pyrrole nitrogens is 1. The summed E-state index contributed by atoms with van der Waals surface area (Å²) in [4.78, 5) is 42.4. The molecule has 34 heavy (non-hydrogen) atoms. The maximum absolute atomic E-state index is 13.3. The third-order valence-corrected chi connectivity index (χ3v) is 5.34. The van der Waals surface area contributed by atoms with E-state index in [1.807, 2.05) is 91.0 Å². The van der Waals surface area contributed by atoms with E-state index >= 15 is 0 Å². The molecule has 7 heteroatoms. The minimum absolute atomic E-state index is 0.0675. The van der Waals surface area contributed by atoms with Crippen molar-refractivity contribution < 1.29 is 4.79 Å². The van der Waals surface area contributed by atoms with Crippen molar-refractivity contribution in [2.75, 3.05) is 10.6 Å². The molecule has 7 nitrogen and oxygen atoms in total. The van der Waals surface area contributed by atoms with E-state index in [1.54, 1.807) is 6.08 Å². The number of benzene rings is 3. The van der Waals surface area contributed by atoms with Crippen LogP contribution in [0.1, 0.15) is 16.7 Å². The van der Waals surface area contributed by atoms with Crippen LogP contribution >= 0.6 is 0 Å². The van der Waals surface area contributed by atoms with E-state index in [0.29, 0.717) is 0 Å². The molecule has 0 radical (unpaired) electrons. The van der Waals surface area contributed by atoms with Gasteiger partial charge in [0, 0.05) is 6.08 Å². The predicted molar refractivity (Wildman–Crippen MR) is 134 cm³/mol. The highest BCUT2D eigenvalue weighted by Crippen LogP contribution is 2.21. The smallest absolute Gasteiger partial charge is 0.330 e. The highest BCUT2D eigenvalue weighted by molar-refractivity contribution is 6.05. The van der Waals surface area contributed by atoms with Crippen molar-refractivity contribution in [3.05, 3.63) is 135 Å². The molecule has 0 aliphatic carbocycles. The molecule has 0 atom stereocenters. The quantitative estimate of drug-likeness (QED) is 0.420. The molecule has 3 N–H and O–H groups in total.